The van der Waals surface area contributed by atoms with E-state index in [4.69, 9.17) is 21.8 Å². The molecule has 1 heterocycles. The van der Waals surface area contributed by atoms with Gasteiger partial charge in [-0.3, -0.25) is 4.79 Å². The monoisotopic (exact) mass is 264 g/mol. The smallest absolute Gasteiger partial charge is 0.251 e. The fourth-order valence-corrected chi connectivity index (χ4v) is 1.66. The summed E-state index contributed by atoms with van der Waals surface area (Å²) in [6, 6.07) is 8.49. The number of carbonyl (C=O) groups is 1. The summed E-state index contributed by atoms with van der Waals surface area (Å²) >= 11 is 5.79. The third-order valence-electron chi connectivity index (χ3n) is 2.50. The van der Waals surface area contributed by atoms with E-state index < -0.39 is 0 Å². The van der Waals surface area contributed by atoms with Crippen molar-refractivity contribution in [3.8, 4) is 0 Å². The maximum absolute atomic E-state index is 11.8. The van der Waals surface area contributed by atoms with Crippen molar-refractivity contribution in [1.29, 1.82) is 0 Å². The van der Waals surface area contributed by atoms with Gasteiger partial charge in [0, 0.05) is 18.5 Å². The Balaban J connectivity index is 1.89. The predicted molar refractivity (Wildman–Crippen MR) is 70.6 cm³/mol. The number of furan rings is 1. The Labute approximate surface area is 110 Å². The minimum Gasteiger partial charge on any atom is -0.469 e. The molecule has 4 nitrogen and oxygen atoms in total. The molecule has 94 valence electrons. The summed E-state index contributed by atoms with van der Waals surface area (Å²) in [7, 11) is 0. The van der Waals surface area contributed by atoms with Crippen molar-refractivity contribution >= 4 is 23.2 Å². The zero-order chi connectivity index (χ0) is 13.0. The van der Waals surface area contributed by atoms with E-state index in [2.05, 4.69) is 5.32 Å². The van der Waals surface area contributed by atoms with Gasteiger partial charge in [0.2, 0.25) is 0 Å². The third kappa shape index (κ3) is 3.05. The number of halogens is 1. The molecule has 5 heteroatoms. The zero-order valence-corrected chi connectivity index (χ0v) is 10.4. The van der Waals surface area contributed by atoms with Gasteiger partial charge in [-0.25, -0.2) is 0 Å². The number of hydrogen-bond donors (Lipinski definition) is 2. The summed E-state index contributed by atoms with van der Waals surface area (Å²) in [5.41, 5.74) is 6.53. The zero-order valence-electron chi connectivity index (χ0n) is 9.65. The molecule has 1 aromatic heterocycles. The van der Waals surface area contributed by atoms with Crippen LogP contribution in [0.15, 0.2) is 41.0 Å². The Bertz CT molecular complexity index is 538. The van der Waals surface area contributed by atoms with Gasteiger partial charge < -0.3 is 15.5 Å². The Kier molecular flexibility index (Phi) is 3.89. The van der Waals surface area contributed by atoms with Crippen LogP contribution >= 0.6 is 11.6 Å². The topological polar surface area (TPSA) is 68.3 Å². The van der Waals surface area contributed by atoms with Crippen molar-refractivity contribution in [2.75, 3.05) is 12.3 Å². The number of amides is 1. The van der Waals surface area contributed by atoms with Gasteiger partial charge in [-0.15, -0.1) is 0 Å². The summed E-state index contributed by atoms with van der Waals surface area (Å²) in [6.45, 7) is 0.509. The molecule has 2 rings (SSSR count). The van der Waals surface area contributed by atoms with Crippen LogP contribution in [0, 0.1) is 0 Å². The number of carbonyl (C=O) groups excluding carboxylic acids is 1. The lowest BCUT2D eigenvalue weighted by molar-refractivity contribution is 0.0954. The van der Waals surface area contributed by atoms with E-state index in [1.165, 1.54) is 0 Å². The first kappa shape index (κ1) is 12.5. The quantitative estimate of drug-likeness (QED) is 0.834. The van der Waals surface area contributed by atoms with Gasteiger partial charge in [0.1, 0.15) is 5.76 Å². The van der Waals surface area contributed by atoms with E-state index in [1.807, 2.05) is 12.1 Å². The van der Waals surface area contributed by atoms with Crippen LogP contribution in [0.25, 0.3) is 0 Å². The highest BCUT2D eigenvalue weighted by Crippen LogP contribution is 2.19. The summed E-state index contributed by atoms with van der Waals surface area (Å²) in [4.78, 5) is 11.8. The van der Waals surface area contributed by atoms with Gasteiger partial charge in [-0.2, -0.15) is 0 Å². The van der Waals surface area contributed by atoms with Crippen molar-refractivity contribution < 1.29 is 9.21 Å². The number of nitrogens with one attached hydrogen (secondary N) is 1. The largest absolute Gasteiger partial charge is 0.469 e. The minimum absolute atomic E-state index is 0.176. The summed E-state index contributed by atoms with van der Waals surface area (Å²) in [5.74, 6) is 0.663. The fraction of sp³-hybridized carbons (Fsp3) is 0.154. The maximum Gasteiger partial charge on any atom is 0.251 e. The molecule has 0 aliphatic rings. The van der Waals surface area contributed by atoms with Crippen LogP contribution in [-0.4, -0.2) is 12.5 Å². The lowest BCUT2D eigenvalue weighted by atomic mass is 10.2. The van der Waals surface area contributed by atoms with Gasteiger partial charge in [0.15, 0.2) is 0 Å². The molecule has 18 heavy (non-hydrogen) atoms. The highest BCUT2D eigenvalue weighted by molar-refractivity contribution is 6.33. The van der Waals surface area contributed by atoms with E-state index in [1.54, 1.807) is 24.5 Å². The first-order valence-corrected chi connectivity index (χ1v) is 5.90. The fourth-order valence-electron chi connectivity index (χ4n) is 1.54. The normalized spacial score (nSPS) is 10.3. The predicted octanol–water partition coefficient (Wildman–Crippen LogP) is 2.49. The van der Waals surface area contributed by atoms with Gasteiger partial charge >= 0.3 is 0 Å². The first-order chi connectivity index (χ1) is 8.66. The molecule has 3 N–H and O–H groups in total. The van der Waals surface area contributed by atoms with Crippen LogP contribution in [0.2, 0.25) is 5.02 Å². The van der Waals surface area contributed by atoms with Crippen LogP contribution in [0.5, 0.6) is 0 Å². The number of anilines is 1. The highest BCUT2D eigenvalue weighted by atomic mass is 35.5. The molecule has 0 aliphatic heterocycles. The van der Waals surface area contributed by atoms with Crippen molar-refractivity contribution in [2.45, 2.75) is 6.42 Å². The molecule has 0 unspecified atom stereocenters. The van der Waals surface area contributed by atoms with Crippen LogP contribution in [0.4, 0.5) is 5.69 Å². The SMILES string of the molecule is Nc1cc(C(=O)NCCc2ccco2)ccc1Cl. The molecule has 2 aromatic rings. The van der Waals surface area contributed by atoms with E-state index in [0.717, 1.165) is 5.76 Å². The summed E-state index contributed by atoms with van der Waals surface area (Å²) in [6.07, 6.45) is 2.26. The van der Waals surface area contributed by atoms with E-state index in [9.17, 15) is 4.79 Å². The molecule has 0 bridgehead atoms. The molecule has 0 radical (unpaired) electrons. The van der Waals surface area contributed by atoms with Crippen LogP contribution in [0.3, 0.4) is 0 Å². The molecule has 0 fully saturated rings. The van der Waals surface area contributed by atoms with Gasteiger partial charge in [-0.05, 0) is 30.3 Å². The molecule has 0 aliphatic carbocycles. The van der Waals surface area contributed by atoms with E-state index in [0.29, 0.717) is 29.2 Å². The Hall–Kier alpha value is -1.94. The number of rotatable bonds is 4. The highest BCUT2D eigenvalue weighted by Gasteiger charge is 2.07. The van der Waals surface area contributed by atoms with Crippen molar-refractivity contribution in [1.82, 2.24) is 5.32 Å². The lowest BCUT2D eigenvalue weighted by Gasteiger charge is -2.05. The molecular formula is C13H13ClN2O2. The van der Waals surface area contributed by atoms with Gasteiger partial charge in [0.05, 0.1) is 17.0 Å². The van der Waals surface area contributed by atoms with Crippen molar-refractivity contribution in [3.63, 3.8) is 0 Å². The van der Waals surface area contributed by atoms with Gasteiger partial charge in [-0.1, -0.05) is 11.6 Å². The second-order valence-electron chi connectivity index (χ2n) is 3.82. The van der Waals surface area contributed by atoms with Crippen LogP contribution in [0.1, 0.15) is 16.1 Å². The Morgan fingerprint density at radius 3 is 2.89 bits per heavy atom. The average molecular weight is 265 g/mol. The summed E-state index contributed by atoms with van der Waals surface area (Å²) < 4.78 is 5.17. The molecule has 0 atom stereocenters. The van der Waals surface area contributed by atoms with Crippen LogP contribution in [-0.2, 0) is 6.42 Å². The number of nitrogens with two attached hydrogens (primary N) is 1. The second-order valence-corrected chi connectivity index (χ2v) is 4.23. The van der Waals surface area contributed by atoms with Crippen molar-refractivity contribution in [3.05, 3.63) is 52.9 Å². The second kappa shape index (κ2) is 5.60. The van der Waals surface area contributed by atoms with Gasteiger partial charge in [0.25, 0.3) is 5.91 Å². The number of hydrogen-bond acceptors (Lipinski definition) is 3. The van der Waals surface area contributed by atoms with Crippen LogP contribution < -0.4 is 11.1 Å². The first-order valence-electron chi connectivity index (χ1n) is 5.52. The molecule has 0 saturated heterocycles. The molecule has 0 saturated carbocycles. The summed E-state index contributed by atoms with van der Waals surface area (Å²) in [5, 5.41) is 3.23. The van der Waals surface area contributed by atoms with E-state index >= 15 is 0 Å². The third-order valence-corrected chi connectivity index (χ3v) is 2.84. The Morgan fingerprint density at radius 2 is 2.22 bits per heavy atom. The minimum atomic E-state index is -0.176. The Morgan fingerprint density at radius 1 is 1.39 bits per heavy atom. The lowest BCUT2D eigenvalue weighted by Crippen LogP contribution is -2.25. The molecular weight excluding hydrogens is 252 g/mol. The maximum atomic E-state index is 11.8. The van der Waals surface area contributed by atoms with E-state index in [-0.39, 0.29) is 5.91 Å². The molecule has 0 spiro atoms. The van der Waals surface area contributed by atoms with Crippen molar-refractivity contribution in [2.24, 2.45) is 0 Å². The molecule has 1 amide bonds. The number of benzene rings is 1. The number of nitrogen functional groups attached to an aromatic ring is 1. The standard InChI is InChI=1S/C13H13ClN2O2/c14-11-4-3-9(8-12(11)15)13(17)16-6-5-10-2-1-7-18-10/h1-4,7-8H,5-6,15H2,(H,16,17). The molecule has 1 aromatic carbocycles. The average Bonchev–Trinajstić information content (AvgIpc) is 2.85.